The standard InChI is InChI=1S/C24H25NO4/c1-16-5-7-19-18(14-24(26)29-22(19)12-16)15-25-9-2-4-20(25)17-6-8-21-23(13-17)28-11-3-10-27-21/h5-8,12-14,20H,2-4,9-11,15H2,1H3. The average molecular weight is 391 g/mol. The second-order valence-electron chi connectivity index (χ2n) is 7.98. The van der Waals surface area contributed by atoms with Gasteiger partial charge in [-0.15, -0.1) is 0 Å². The van der Waals surface area contributed by atoms with Crippen molar-refractivity contribution < 1.29 is 13.9 Å². The summed E-state index contributed by atoms with van der Waals surface area (Å²) in [4.78, 5) is 14.6. The number of nitrogens with zero attached hydrogens (tertiary/aromatic N) is 1. The molecule has 1 aromatic heterocycles. The van der Waals surface area contributed by atoms with Crippen molar-refractivity contribution in [2.45, 2.75) is 38.8 Å². The maximum atomic E-state index is 12.1. The Bertz CT molecular complexity index is 1100. The fraction of sp³-hybridized carbons (Fsp3) is 0.375. The predicted octanol–water partition coefficient (Wildman–Crippen LogP) is 4.60. The first-order valence-corrected chi connectivity index (χ1v) is 10.3. The lowest BCUT2D eigenvalue weighted by Crippen LogP contribution is -2.23. The number of benzene rings is 2. The molecular formula is C24H25NO4. The first kappa shape index (κ1) is 18.3. The van der Waals surface area contributed by atoms with E-state index in [0.29, 0.717) is 24.8 Å². The van der Waals surface area contributed by atoms with E-state index < -0.39 is 0 Å². The number of hydrogen-bond acceptors (Lipinski definition) is 5. The molecule has 0 bridgehead atoms. The van der Waals surface area contributed by atoms with Crippen LogP contribution in [-0.2, 0) is 6.54 Å². The van der Waals surface area contributed by atoms with Crippen molar-refractivity contribution >= 4 is 11.0 Å². The molecule has 5 heteroatoms. The summed E-state index contributed by atoms with van der Waals surface area (Å²) in [6.45, 7) is 5.13. The lowest BCUT2D eigenvalue weighted by atomic mass is 10.0. The number of hydrogen-bond donors (Lipinski definition) is 0. The fourth-order valence-corrected chi connectivity index (χ4v) is 4.47. The summed E-state index contributed by atoms with van der Waals surface area (Å²) in [6, 6.07) is 14.3. The minimum Gasteiger partial charge on any atom is -0.490 e. The molecule has 1 fully saturated rings. The summed E-state index contributed by atoms with van der Waals surface area (Å²) in [7, 11) is 0. The molecule has 0 radical (unpaired) electrons. The van der Waals surface area contributed by atoms with E-state index in [-0.39, 0.29) is 5.63 Å². The molecule has 0 N–H and O–H groups in total. The molecule has 150 valence electrons. The average Bonchev–Trinajstić information content (AvgIpc) is 3.03. The van der Waals surface area contributed by atoms with E-state index in [4.69, 9.17) is 13.9 Å². The highest BCUT2D eigenvalue weighted by Gasteiger charge is 2.28. The maximum Gasteiger partial charge on any atom is 0.336 e. The van der Waals surface area contributed by atoms with Gasteiger partial charge in [-0.3, -0.25) is 4.90 Å². The zero-order valence-electron chi connectivity index (χ0n) is 16.6. The molecule has 5 rings (SSSR count). The monoisotopic (exact) mass is 391 g/mol. The molecule has 1 unspecified atom stereocenters. The van der Waals surface area contributed by atoms with E-state index in [1.807, 2.05) is 19.1 Å². The first-order valence-electron chi connectivity index (χ1n) is 10.3. The largest absolute Gasteiger partial charge is 0.490 e. The van der Waals surface area contributed by atoms with Gasteiger partial charge in [-0.05, 0) is 61.2 Å². The van der Waals surface area contributed by atoms with Gasteiger partial charge in [0.15, 0.2) is 11.5 Å². The topological polar surface area (TPSA) is 51.9 Å². The Morgan fingerprint density at radius 1 is 1.00 bits per heavy atom. The fourth-order valence-electron chi connectivity index (χ4n) is 4.47. The Labute approximate surface area is 169 Å². The Kier molecular flexibility index (Phi) is 4.76. The Balaban J connectivity index is 1.46. The molecule has 2 aromatic carbocycles. The van der Waals surface area contributed by atoms with E-state index >= 15 is 0 Å². The molecule has 1 saturated heterocycles. The Hall–Kier alpha value is -2.79. The van der Waals surface area contributed by atoms with E-state index in [1.54, 1.807) is 6.07 Å². The number of rotatable bonds is 3. The molecule has 0 aliphatic carbocycles. The molecule has 5 nitrogen and oxygen atoms in total. The summed E-state index contributed by atoms with van der Waals surface area (Å²) in [5, 5.41) is 1.01. The highest BCUT2D eigenvalue weighted by Crippen LogP contribution is 2.38. The number of fused-ring (bicyclic) bond motifs is 2. The third-order valence-corrected chi connectivity index (χ3v) is 5.88. The van der Waals surface area contributed by atoms with Crippen LogP contribution in [-0.4, -0.2) is 24.7 Å². The molecule has 3 aromatic rings. The van der Waals surface area contributed by atoms with Crippen molar-refractivity contribution in [3.63, 3.8) is 0 Å². The van der Waals surface area contributed by atoms with Crippen molar-refractivity contribution in [3.8, 4) is 11.5 Å². The van der Waals surface area contributed by atoms with Crippen molar-refractivity contribution in [1.82, 2.24) is 4.90 Å². The van der Waals surface area contributed by atoms with Gasteiger partial charge in [-0.1, -0.05) is 18.2 Å². The van der Waals surface area contributed by atoms with Gasteiger partial charge in [0.05, 0.1) is 13.2 Å². The summed E-state index contributed by atoms with van der Waals surface area (Å²) in [5.41, 5.74) is 3.74. The van der Waals surface area contributed by atoms with Crippen molar-refractivity contribution in [2.75, 3.05) is 19.8 Å². The number of ether oxygens (including phenoxy) is 2. The van der Waals surface area contributed by atoms with Crippen molar-refractivity contribution in [3.05, 3.63) is 69.6 Å². The molecular weight excluding hydrogens is 366 g/mol. The second kappa shape index (κ2) is 7.56. The van der Waals surface area contributed by atoms with Crippen molar-refractivity contribution in [1.29, 1.82) is 0 Å². The molecule has 2 aliphatic rings. The van der Waals surface area contributed by atoms with E-state index in [0.717, 1.165) is 60.4 Å². The van der Waals surface area contributed by atoms with Gasteiger partial charge in [0.2, 0.25) is 0 Å². The van der Waals surface area contributed by atoms with Crippen LogP contribution < -0.4 is 15.1 Å². The van der Waals surface area contributed by atoms with Gasteiger partial charge in [0.25, 0.3) is 0 Å². The minimum absolute atomic E-state index is 0.288. The quantitative estimate of drug-likeness (QED) is 0.611. The van der Waals surface area contributed by atoms with Crippen LogP contribution in [0, 0.1) is 6.92 Å². The number of likely N-dealkylation sites (tertiary alicyclic amines) is 1. The third-order valence-electron chi connectivity index (χ3n) is 5.88. The van der Waals surface area contributed by atoms with Crippen LogP contribution in [0.3, 0.4) is 0 Å². The highest BCUT2D eigenvalue weighted by atomic mass is 16.5. The molecule has 29 heavy (non-hydrogen) atoms. The van der Waals surface area contributed by atoms with Crippen LogP contribution >= 0.6 is 0 Å². The van der Waals surface area contributed by atoms with Crippen LogP contribution in [0.2, 0.25) is 0 Å². The van der Waals surface area contributed by atoms with Gasteiger partial charge in [0.1, 0.15) is 5.58 Å². The second-order valence-corrected chi connectivity index (χ2v) is 7.98. The Morgan fingerprint density at radius 3 is 2.76 bits per heavy atom. The van der Waals surface area contributed by atoms with Crippen LogP contribution in [0.15, 0.2) is 51.7 Å². The molecule has 1 atom stereocenters. The zero-order valence-corrected chi connectivity index (χ0v) is 16.6. The van der Waals surface area contributed by atoms with Gasteiger partial charge in [0, 0.05) is 30.5 Å². The maximum absolute atomic E-state index is 12.1. The lowest BCUT2D eigenvalue weighted by Gasteiger charge is -2.26. The highest BCUT2D eigenvalue weighted by molar-refractivity contribution is 5.80. The van der Waals surface area contributed by atoms with Crippen LogP contribution in [0.5, 0.6) is 11.5 Å². The van der Waals surface area contributed by atoms with Gasteiger partial charge < -0.3 is 13.9 Å². The van der Waals surface area contributed by atoms with Crippen LogP contribution in [0.25, 0.3) is 11.0 Å². The minimum atomic E-state index is -0.288. The third kappa shape index (κ3) is 3.62. The van der Waals surface area contributed by atoms with E-state index in [2.05, 4.69) is 29.2 Å². The van der Waals surface area contributed by atoms with Crippen LogP contribution in [0.1, 0.15) is 42.0 Å². The Morgan fingerprint density at radius 2 is 1.86 bits per heavy atom. The molecule has 2 aliphatic heterocycles. The summed E-state index contributed by atoms with van der Waals surface area (Å²) >= 11 is 0. The molecule has 0 saturated carbocycles. The van der Waals surface area contributed by atoms with Crippen LogP contribution in [0.4, 0.5) is 0 Å². The summed E-state index contributed by atoms with van der Waals surface area (Å²) in [5.74, 6) is 1.67. The molecule has 0 amide bonds. The normalized spacial score (nSPS) is 19.4. The van der Waals surface area contributed by atoms with E-state index in [1.165, 1.54) is 5.56 Å². The molecule has 0 spiro atoms. The smallest absolute Gasteiger partial charge is 0.336 e. The van der Waals surface area contributed by atoms with Crippen molar-refractivity contribution in [2.24, 2.45) is 0 Å². The zero-order chi connectivity index (χ0) is 19.8. The van der Waals surface area contributed by atoms with Gasteiger partial charge in [-0.2, -0.15) is 0 Å². The van der Waals surface area contributed by atoms with Gasteiger partial charge in [-0.25, -0.2) is 4.79 Å². The first-order chi connectivity index (χ1) is 14.2. The predicted molar refractivity (Wildman–Crippen MR) is 112 cm³/mol. The summed E-state index contributed by atoms with van der Waals surface area (Å²) in [6.07, 6.45) is 3.14. The molecule has 3 heterocycles. The SMILES string of the molecule is Cc1ccc2c(CN3CCCC3c3ccc4c(c3)OCCCO4)cc(=O)oc2c1. The van der Waals surface area contributed by atoms with E-state index in [9.17, 15) is 4.79 Å². The number of aryl methyl sites for hydroxylation is 1. The lowest BCUT2D eigenvalue weighted by molar-refractivity contribution is 0.248. The van der Waals surface area contributed by atoms with Gasteiger partial charge >= 0.3 is 5.63 Å². The summed E-state index contributed by atoms with van der Waals surface area (Å²) < 4.78 is 17.1.